The first-order chi connectivity index (χ1) is 25.9. The lowest BCUT2D eigenvalue weighted by molar-refractivity contribution is -0.605. The standard InChI is InChI=1S/C38H38Cl2FN3O7.CH2O2/c1-23-14-24(19-44(32-7-5-4-6-31(32)41)38(46)51-36-22-42-12-10-25(36)11-13-42)16-27(15-23)37(45)50-34(18-28-29(39)20-43(47)21-30(28)40)26-8-9-33(48-2)35(17-26)49-3;2-1-3/h4-9,14-17,20-21,25,34,36H,10-13,18-19,22H2,1-3H3;1H,(H,2,3)/t34-,36-;/m0./s1. The molecule has 1 aromatic heterocycles. The Bertz CT molecular complexity index is 1950. The monoisotopic (exact) mass is 783 g/mol. The number of hydrogen-bond donors (Lipinski definition) is 1. The summed E-state index contributed by atoms with van der Waals surface area (Å²) in [7, 11) is 3.00. The van der Waals surface area contributed by atoms with Gasteiger partial charge in [0.2, 0.25) is 0 Å². The maximum atomic E-state index is 15.2. The Hall–Kier alpha value is -5.11. The number of para-hydroxylation sites is 1. The highest BCUT2D eigenvalue weighted by Crippen LogP contribution is 2.36. The second kappa shape index (κ2) is 18.3. The Morgan fingerprint density at radius 1 is 1.04 bits per heavy atom. The Balaban J connectivity index is 0.00000181. The topological polar surface area (TPSA) is 142 Å². The summed E-state index contributed by atoms with van der Waals surface area (Å²) in [4.78, 5) is 39.6. The third kappa shape index (κ3) is 9.70. The highest BCUT2D eigenvalue weighted by molar-refractivity contribution is 6.35. The Morgan fingerprint density at radius 2 is 1.70 bits per heavy atom. The molecule has 3 aliphatic rings. The van der Waals surface area contributed by atoms with E-state index < -0.39 is 24.0 Å². The van der Waals surface area contributed by atoms with Crippen LogP contribution in [-0.2, 0) is 27.2 Å². The number of aryl methyl sites for hydroxylation is 1. The van der Waals surface area contributed by atoms with Gasteiger partial charge in [-0.25, -0.2) is 14.0 Å². The smallest absolute Gasteiger partial charge is 0.415 e. The number of piperidine rings is 3. The van der Waals surface area contributed by atoms with Gasteiger partial charge < -0.3 is 29.3 Å². The number of fused-ring (bicyclic) bond motifs is 3. The molecule has 0 spiro atoms. The molecule has 1 N–H and O–H groups in total. The first kappa shape index (κ1) is 40.1. The molecule has 0 saturated carbocycles. The lowest BCUT2D eigenvalue weighted by atomic mass is 9.86. The molecule has 0 unspecified atom stereocenters. The average Bonchev–Trinajstić information content (AvgIpc) is 3.15. The average molecular weight is 785 g/mol. The molecule has 4 heterocycles. The number of carbonyl (C=O) groups excluding carboxylic acids is 2. The number of pyridine rings is 1. The van der Waals surface area contributed by atoms with Gasteiger partial charge >= 0.3 is 12.1 Å². The lowest BCUT2D eigenvalue weighted by Gasteiger charge is -2.44. The molecule has 1 amide bonds. The molecule has 286 valence electrons. The molecule has 15 heteroatoms. The number of nitrogens with zero attached hydrogens (tertiary/aromatic N) is 3. The maximum Gasteiger partial charge on any atom is 0.415 e. The fourth-order valence-corrected chi connectivity index (χ4v) is 7.40. The third-order valence-corrected chi connectivity index (χ3v) is 10.1. The van der Waals surface area contributed by atoms with Crippen LogP contribution in [0.4, 0.5) is 14.9 Å². The Labute approximate surface area is 322 Å². The van der Waals surface area contributed by atoms with Crippen LogP contribution in [0.15, 0.2) is 73.1 Å². The fourth-order valence-electron chi connectivity index (χ4n) is 6.80. The van der Waals surface area contributed by atoms with Crippen LogP contribution >= 0.6 is 23.2 Å². The number of benzene rings is 3. The van der Waals surface area contributed by atoms with Gasteiger partial charge in [0.05, 0.1) is 32.0 Å². The van der Waals surface area contributed by atoms with Crippen LogP contribution in [0.1, 0.15) is 51.6 Å². The second-order valence-corrected chi connectivity index (χ2v) is 13.7. The van der Waals surface area contributed by atoms with E-state index >= 15 is 4.39 Å². The molecule has 2 atom stereocenters. The van der Waals surface area contributed by atoms with E-state index in [1.807, 2.05) is 13.0 Å². The summed E-state index contributed by atoms with van der Waals surface area (Å²) in [5.41, 5.74) is 2.52. The van der Waals surface area contributed by atoms with Gasteiger partial charge in [-0.1, -0.05) is 47.5 Å². The summed E-state index contributed by atoms with van der Waals surface area (Å²) in [5.74, 6) is -0.0930. The normalized spacial score (nSPS) is 17.7. The highest BCUT2D eigenvalue weighted by atomic mass is 35.5. The van der Waals surface area contributed by atoms with Crippen LogP contribution in [0.2, 0.25) is 10.0 Å². The first-order valence-corrected chi connectivity index (χ1v) is 17.8. The second-order valence-electron chi connectivity index (χ2n) is 12.9. The Kier molecular flexibility index (Phi) is 13.6. The summed E-state index contributed by atoms with van der Waals surface area (Å²) in [6.07, 6.45) is 2.41. The molecule has 12 nitrogen and oxygen atoms in total. The number of esters is 1. The van der Waals surface area contributed by atoms with Gasteiger partial charge in [-0.15, -0.1) is 0 Å². The van der Waals surface area contributed by atoms with E-state index in [4.69, 9.17) is 52.1 Å². The van der Waals surface area contributed by atoms with Crippen molar-refractivity contribution in [1.82, 2.24) is 4.90 Å². The number of carboxylic acid groups (broad SMARTS) is 1. The predicted molar refractivity (Wildman–Crippen MR) is 199 cm³/mol. The van der Waals surface area contributed by atoms with Crippen LogP contribution in [0, 0.1) is 23.9 Å². The zero-order chi connectivity index (χ0) is 38.9. The van der Waals surface area contributed by atoms with Crippen molar-refractivity contribution < 1.29 is 47.6 Å². The van der Waals surface area contributed by atoms with Crippen LogP contribution in [0.5, 0.6) is 11.5 Å². The minimum absolute atomic E-state index is 0.0326. The highest BCUT2D eigenvalue weighted by Gasteiger charge is 2.38. The summed E-state index contributed by atoms with van der Waals surface area (Å²) in [5, 5.41) is 19.0. The van der Waals surface area contributed by atoms with Gasteiger partial charge in [-0.3, -0.25) is 14.6 Å². The molecule has 7 rings (SSSR count). The van der Waals surface area contributed by atoms with Gasteiger partial charge in [-0.05, 0) is 91.9 Å². The van der Waals surface area contributed by atoms with E-state index in [0.29, 0.717) is 39.5 Å². The van der Waals surface area contributed by atoms with Gasteiger partial charge in [0.15, 0.2) is 23.9 Å². The van der Waals surface area contributed by atoms with Crippen molar-refractivity contribution in [2.24, 2.45) is 5.92 Å². The number of carbonyl (C=O) groups is 3. The molecule has 4 aromatic rings. The number of ether oxygens (including phenoxy) is 4. The van der Waals surface area contributed by atoms with E-state index in [2.05, 4.69) is 4.90 Å². The number of aromatic nitrogens is 1. The zero-order valence-corrected chi connectivity index (χ0v) is 31.4. The Morgan fingerprint density at radius 3 is 2.31 bits per heavy atom. The van der Waals surface area contributed by atoms with Crippen LogP contribution in [-0.4, -0.2) is 68.5 Å². The van der Waals surface area contributed by atoms with Crippen molar-refractivity contribution in [3.05, 3.63) is 122 Å². The van der Waals surface area contributed by atoms with Crippen molar-refractivity contribution in [3.8, 4) is 11.5 Å². The molecule has 3 aromatic carbocycles. The lowest BCUT2D eigenvalue weighted by Crippen LogP contribution is -2.53. The van der Waals surface area contributed by atoms with Gasteiger partial charge in [0.25, 0.3) is 6.47 Å². The first-order valence-electron chi connectivity index (χ1n) is 17.1. The van der Waals surface area contributed by atoms with Crippen LogP contribution in [0.3, 0.4) is 0 Å². The van der Waals surface area contributed by atoms with Crippen molar-refractivity contribution >= 4 is 47.4 Å². The van der Waals surface area contributed by atoms with Gasteiger partial charge in [0, 0.05) is 18.5 Å². The number of anilines is 1. The van der Waals surface area contributed by atoms with Crippen molar-refractivity contribution in [1.29, 1.82) is 0 Å². The van der Waals surface area contributed by atoms with E-state index in [-0.39, 0.29) is 52.8 Å². The predicted octanol–water partition coefficient (Wildman–Crippen LogP) is 7.17. The molecular formula is C39H40Cl2FN3O9. The molecule has 2 bridgehead atoms. The number of hydrogen-bond acceptors (Lipinski definition) is 9. The van der Waals surface area contributed by atoms with Crippen molar-refractivity contribution in [3.63, 3.8) is 0 Å². The molecule has 54 heavy (non-hydrogen) atoms. The summed E-state index contributed by atoms with van der Waals surface area (Å²) >= 11 is 12.8. The van der Waals surface area contributed by atoms with Gasteiger partial charge in [0.1, 0.15) is 28.1 Å². The summed E-state index contributed by atoms with van der Waals surface area (Å²) in [6.45, 7) is 4.12. The summed E-state index contributed by atoms with van der Waals surface area (Å²) < 4.78 is 38.7. The molecule has 3 aliphatic heterocycles. The number of rotatable bonds is 11. The fraction of sp³-hybridized carbons (Fsp3) is 0.333. The van der Waals surface area contributed by atoms with Crippen molar-refractivity contribution in [2.75, 3.05) is 38.8 Å². The molecule has 0 aliphatic carbocycles. The minimum atomic E-state index is -0.926. The molecule has 3 saturated heterocycles. The molecule has 0 radical (unpaired) electrons. The van der Waals surface area contributed by atoms with Gasteiger partial charge in [-0.2, -0.15) is 4.73 Å². The number of amides is 1. The van der Waals surface area contributed by atoms with E-state index in [1.165, 1.54) is 43.6 Å². The number of methoxy groups -OCH3 is 2. The number of halogens is 3. The quantitative estimate of drug-likeness (QED) is 0.0720. The largest absolute Gasteiger partial charge is 0.619 e. The SMILES string of the molecule is COc1ccc([C@H](Cc2c(Cl)c[n+]([O-])cc2Cl)OC(=O)c2cc(C)cc(CN(C(=O)O[C@H]3CN4CCC3CC4)c3ccccc3F)c2)cc1OC.O=CO. The van der Waals surface area contributed by atoms with E-state index in [9.17, 15) is 14.8 Å². The maximum absolute atomic E-state index is 15.2. The molecule has 3 fully saturated rings. The third-order valence-electron chi connectivity index (χ3n) is 9.40. The van der Waals surface area contributed by atoms with Crippen LogP contribution < -0.4 is 19.1 Å². The van der Waals surface area contributed by atoms with E-state index in [0.717, 1.165) is 31.5 Å². The minimum Gasteiger partial charge on any atom is -0.619 e. The summed E-state index contributed by atoms with van der Waals surface area (Å²) in [6, 6.07) is 16.2. The molecular weight excluding hydrogens is 744 g/mol. The zero-order valence-electron chi connectivity index (χ0n) is 29.9. The van der Waals surface area contributed by atoms with E-state index in [1.54, 1.807) is 42.5 Å². The van der Waals surface area contributed by atoms with Crippen molar-refractivity contribution in [2.45, 2.75) is 44.9 Å². The van der Waals surface area contributed by atoms with Crippen LogP contribution in [0.25, 0.3) is 0 Å².